The van der Waals surface area contributed by atoms with Gasteiger partial charge in [-0.25, -0.2) is 4.98 Å². The molecule has 1 saturated heterocycles. The van der Waals surface area contributed by atoms with Crippen molar-refractivity contribution in [3.8, 4) is 0 Å². The molecule has 0 spiro atoms. The first-order chi connectivity index (χ1) is 9.22. The van der Waals surface area contributed by atoms with Crippen molar-refractivity contribution in [2.45, 2.75) is 45.2 Å². The molecule has 1 N–H and O–H groups in total. The summed E-state index contributed by atoms with van der Waals surface area (Å²) in [7, 11) is 0. The Hall–Kier alpha value is -0.610. The van der Waals surface area contributed by atoms with Gasteiger partial charge < -0.3 is 10.2 Å². The van der Waals surface area contributed by atoms with Gasteiger partial charge in [0.2, 0.25) is 0 Å². The summed E-state index contributed by atoms with van der Waals surface area (Å²) in [6, 6.07) is 2.96. The first kappa shape index (κ1) is 13.4. The summed E-state index contributed by atoms with van der Waals surface area (Å²) in [4.78, 5) is 7.14. The molecule has 0 bridgehead atoms. The van der Waals surface area contributed by atoms with Crippen LogP contribution in [0.1, 0.15) is 38.2 Å². The molecule has 1 saturated carbocycles. The van der Waals surface area contributed by atoms with E-state index in [9.17, 15) is 0 Å². The topological polar surface area (TPSA) is 28.2 Å². The van der Waals surface area contributed by atoms with E-state index >= 15 is 0 Å². The lowest BCUT2D eigenvalue weighted by molar-refractivity contribution is 0.443. The van der Waals surface area contributed by atoms with Gasteiger partial charge in [-0.2, -0.15) is 0 Å². The zero-order valence-corrected chi connectivity index (χ0v) is 13.1. The van der Waals surface area contributed by atoms with E-state index in [0.29, 0.717) is 0 Å². The van der Waals surface area contributed by atoms with Gasteiger partial charge in [0.15, 0.2) is 0 Å². The van der Waals surface area contributed by atoms with Crippen LogP contribution in [-0.2, 0) is 6.54 Å². The van der Waals surface area contributed by atoms with Crippen molar-refractivity contribution in [3.05, 3.63) is 22.3 Å². The van der Waals surface area contributed by atoms with Gasteiger partial charge in [0.25, 0.3) is 0 Å². The van der Waals surface area contributed by atoms with E-state index in [1.54, 1.807) is 0 Å². The second kappa shape index (κ2) is 5.80. The fourth-order valence-electron chi connectivity index (χ4n) is 2.81. The number of hydrogen-bond acceptors (Lipinski definition) is 3. The molecule has 1 aromatic rings. The average molecular weight is 324 g/mol. The zero-order chi connectivity index (χ0) is 13.2. The molecule has 1 aromatic heterocycles. The number of nitrogens with zero attached hydrogens (tertiary/aromatic N) is 2. The van der Waals surface area contributed by atoms with Crippen LogP contribution in [-0.4, -0.2) is 24.1 Å². The maximum Gasteiger partial charge on any atom is 0.133 e. The monoisotopic (exact) mass is 323 g/mol. The van der Waals surface area contributed by atoms with E-state index in [2.05, 4.69) is 44.1 Å². The van der Waals surface area contributed by atoms with Crippen molar-refractivity contribution in [1.29, 1.82) is 0 Å². The van der Waals surface area contributed by atoms with Crippen LogP contribution in [0, 0.1) is 5.92 Å². The molecule has 1 aliphatic heterocycles. The van der Waals surface area contributed by atoms with Gasteiger partial charge in [-0.15, -0.1) is 0 Å². The predicted octanol–water partition coefficient (Wildman–Crippen LogP) is 3.33. The SMILES string of the molecule is CC1CCCN(c2ncc(Br)cc2CNC2CC2)C1. The Bertz CT molecular complexity index is 445. The van der Waals surface area contributed by atoms with Crippen molar-refractivity contribution in [1.82, 2.24) is 10.3 Å². The van der Waals surface area contributed by atoms with Crippen LogP contribution >= 0.6 is 15.9 Å². The Kier molecular flexibility index (Phi) is 4.08. The smallest absolute Gasteiger partial charge is 0.133 e. The minimum atomic E-state index is 0.743. The Morgan fingerprint density at radius 1 is 1.42 bits per heavy atom. The van der Waals surface area contributed by atoms with Gasteiger partial charge in [-0.3, -0.25) is 0 Å². The highest BCUT2D eigenvalue weighted by molar-refractivity contribution is 9.10. The molecule has 0 radical (unpaired) electrons. The van der Waals surface area contributed by atoms with Gasteiger partial charge in [-0.1, -0.05) is 6.92 Å². The molecular weight excluding hydrogens is 302 g/mol. The minimum Gasteiger partial charge on any atom is -0.356 e. The first-order valence-electron chi connectivity index (χ1n) is 7.35. The molecule has 2 heterocycles. The Morgan fingerprint density at radius 2 is 2.26 bits per heavy atom. The zero-order valence-electron chi connectivity index (χ0n) is 11.5. The largest absolute Gasteiger partial charge is 0.356 e. The minimum absolute atomic E-state index is 0.743. The number of anilines is 1. The lowest BCUT2D eigenvalue weighted by atomic mass is 10.00. The lowest BCUT2D eigenvalue weighted by Gasteiger charge is -2.33. The van der Waals surface area contributed by atoms with Crippen molar-refractivity contribution >= 4 is 21.7 Å². The number of hydrogen-bond donors (Lipinski definition) is 1. The average Bonchev–Trinajstić information content (AvgIpc) is 3.20. The van der Waals surface area contributed by atoms with E-state index in [-0.39, 0.29) is 0 Å². The fraction of sp³-hybridized carbons (Fsp3) is 0.667. The molecule has 104 valence electrons. The number of pyridine rings is 1. The molecule has 4 heteroatoms. The maximum absolute atomic E-state index is 4.67. The van der Waals surface area contributed by atoms with Crippen molar-refractivity contribution in [2.75, 3.05) is 18.0 Å². The van der Waals surface area contributed by atoms with E-state index in [1.165, 1.54) is 37.1 Å². The highest BCUT2D eigenvalue weighted by atomic mass is 79.9. The van der Waals surface area contributed by atoms with Crippen LogP contribution in [0.5, 0.6) is 0 Å². The van der Waals surface area contributed by atoms with Gasteiger partial charge in [0.05, 0.1) is 0 Å². The summed E-state index contributed by atoms with van der Waals surface area (Å²) < 4.78 is 1.08. The fourth-order valence-corrected chi connectivity index (χ4v) is 3.19. The van der Waals surface area contributed by atoms with Crippen molar-refractivity contribution in [2.24, 2.45) is 5.92 Å². The van der Waals surface area contributed by atoms with Crippen molar-refractivity contribution < 1.29 is 0 Å². The Labute approximate surface area is 123 Å². The third-order valence-electron chi connectivity index (χ3n) is 4.02. The van der Waals surface area contributed by atoms with Crippen LogP contribution in [0.2, 0.25) is 0 Å². The van der Waals surface area contributed by atoms with E-state index in [1.807, 2.05) is 6.20 Å². The molecule has 1 aliphatic carbocycles. The molecule has 3 nitrogen and oxygen atoms in total. The second-order valence-electron chi connectivity index (χ2n) is 5.98. The van der Waals surface area contributed by atoms with E-state index < -0.39 is 0 Å². The van der Waals surface area contributed by atoms with Crippen LogP contribution < -0.4 is 10.2 Å². The normalized spacial score (nSPS) is 23.7. The molecule has 1 atom stereocenters. The van der Waals surface area contributed by atoms with Crippen molar-refractivity contribution in [3.63, 3.8) is 0 Å². The van der Waals surface area contributed by atoms with E-state index in [4.69, 9.17) is 0 Å². The Balaban J connectivity index is 1.77. The summed E-state index contributed by atoms with van der Waals surface area (Å²) in [5.74, 6) is 1.96. The highest BCUT2D eigenvalue weighted by Crippen LogP contribution is 2.27. The molecule has 0 aromatic carbocycles. The lowest BCUT2D eigenvalue weighted by Crippen LogP contribution is -2.36. The molecule has 2 fully saturated rings. The van der Waals surface area contributed by atoms with Gasteiger partial charge in [0, 0.05) is 41.9 Å². The van der Waals surface area contributed by atoms with Crippen LogP contribution in [0.4, 0.5) is 5.82 Å². The highest BCUT2D eigenvalue weighted by Gasteiger charge is 2.23. The van der Waals surface area contributed by atoms with E-state index in [0.717, 1.165) is 36.1 Å². The number of rotatable bonds is 4. The second-order valence-corrected chi connectivity index (χ2v) is 6.90. The standard InChI is InChI=1S/C15H22BrN3/c1-11-3-2-6-19(10-11)15-12(7-13(16)9-18-15)8-17-14-4-5-14/h7,9,11,14,17H,2-6,8,10H2,1H3. The number of aromatic nitrogens is 1. The van der Waals surface area contributed by atoms with Gasteiger partial charge in [-0.05, 0) is 53.6 Å². The third-order valence-corrected chi connectivity index (χ3v) is 4.46. The predicted molar refractivity (Wildman–Crippen MR) is 82.4 cm³/mol. The summed E-state index contributed by atoms with van der Waals surface area (Å²) in [5.41, 5.74) is 1.33. The van der Waals surface area contributed by atoms with Crippen LogP contribution in [0.3, 0.4) is 0 Å². The van der Waals surface area contributed by atoms with Gasteiger partial charge in [0.1, 0.15) is 5.82 Å². The first-order valence-corrected chi connectivity index (χ1v) is 8.14. The number of halogens is 1. The summed E-state index contributed by atoms with van der Waals surface area (Å²) in [6.45, 7) is 5.57. The van der Waals surface area contributed by atoms with Gasteiger partial charge >= 0.3 is 0 Å². The molecule has 2 aliphatic rings. The van der Waals surface area contributed by atoms with Crippen LogP contribution in [0.25, 0.3) is 0 Å². The molecular formula is C15H22BrN3. The molecule has 0 amide bonds. The summed E-state index contributed by atoms with van der Waals surface area (Å²) >= 11 is 3.55. The van der Waals surface area contributed by atoms with Crippen LogP contribution in [0.15, 0.2) is 16.7 Å². The maximum atomic E-state index is 4.67. The summed E-state index contributed by atoms with van der Waals surface area (Å²) in [6.07, 6.45) is 7.22. The third kappa shape index (κ3) is 3.48. The number of nitrogens with one attached hydrogen (secondary N) is 1. The number of piperidine rings is 1. The molecule has 3 rings (SSSR count). The quantitative estimate of drug-likeness (QED) is 0.921. The molecule has 19 heavy (non-hydrogen) atoms. The summed E-state index contributed by atoms with van der Waals surface area (Å²) in [5, 5.41) is 3.60. The molecule has 1 unspecified atom stereocenters. The Morgan fingerprint density at radius 3 is 3.00 bits per heavy atom.